The van der Waals surface area contributed by atoms with Gasteiger partial charge in [0.05, 0.1) is 23.4 Å². The number of aromatic nitrogens is 3. The highest BCUT2D eigenvalue weighted by atomic mass is 16.7. The topological polar surface area (TPSA) is 57.8 Å². The lowest BCUT2D eigenvalue weighted by Gasteiger charge is -2.32. The highest BCUT2D eigenvalue weighted by molar-refractivity contribution is 6.62. The normalized spacial score (nSPS) is 18.3. The highest BCUT2D eigenvalue weighted by Crippen LogP contribution is 2.36. The van der Waals surface area contributed by atoms with Crippen LogP contribution in [-0.2, 0) is 15.9 Å². The van der Waals surface area contributed by atoms with Crippen LogP contribution in [0, 0.1) is 6.92 Å². The van der Waals surface area contributed by atoms with Gasteiger partial charge in [-0.05, 0) is 51.7 Å². The first kappa shape index (κ1) is 18.0. The lowest BCUT2D eigenvalue weighted by molar-refractivity contribution is 0.00578. The summed E-state index contributed by atoms with van der Waals surface area (Å²) in [6.45, 7) is 10.5. The summed E-state index contributed by atoms with van der Waals surface area (Å²) in [6.07, 6.45) is 3.57. The SMILES string of the molecule is Cc1cc2c(=O)n(Cc3cccc(B4OC(C)(C)C(C)(C)O4)c3)ccn2n1. The van der Waals surface area contributed by atoms with Gasteiger partial charge in [-0.1, -0.05) is 24.3 Å². The minimum Gasteiger partial charge on any atom is -0.399 e. The summed E-state index contributed by atoms with van der Waals surface area (Å²) < 4.78 is 15.6. The maximum atomic E-state index is 12.7. The van der Waals surface area contributed by atoms with Crippen molar-refractivity contribution < 1.29 is 9.31 Å². The van der Waals surface area contributed by atoms with Crippen molar-refractivity contribution in [2.75, 3.05) is 0 Å². The Balaban J connectivity index is 1.63. The summed E-state index contributed by atoms with van der Waals surface area (Å²) in [4.78, 5) is 12.7. The van der Waals surface area contributed by atoms with E-state index >= 15 is 0 Å². The number of rotatable bonds is 3. The Hall–Kier alpha value is -2.38. The van der Waals surface area contributed by atoms with Crippen molar-refractivity contribution >= 4 is 18.1 Å². The molecule has 4 rings (SSSR count). The van der Waals surface area contributed by atoms with Crippen molar-refractivity contribution in [3.05, 3.63) is 64.3 Å². The van der Waals surface area contributed by atoms with Crippen LogP contribution in [0.3, 0.4) is 0 Å². The molecular weight excluding hydrogens is 341 g/mol. The molecular formula is C20H24BN3O3. The van der Waals surface area contributed by atoms with Crippen LogP contribution in [0.2, 0.25) is 0 Å². The van der Waals surface area contributed by atoms with E-state index in [9.17, 15) is 4.79 Å². The molecule has 0 radical (unpaired) electrons. The fourth-order valence-electron chi connectivity index (χ4n) is 3.29. The van der Waals surface area contributed by atoms with E-state index < -0.39 is 7.12 Å². The molecule has 0 spiro atoms. The van der Waals surface area contributed by atoms with Gasteiger partial charge >= 0.3 is 7.12 Å². The first-order valence-electron chi connectivity index (χ1n) is 9.16. The molecule has 0 unspecified atom stereocenters. The summed E-state index contributed by atoms with van der Waals surface area (Å²) in [5.41, 5.74) is 2.57. The quantitative estimate of drug-likeness (QED) is 0.668. The van der Waals surface area contributed by atoms with Gasteiger partial charge in [-0.15, -0.1) is 0 Å². The van der Waals surface area contributed by atoms with Crippen molar-refractivity contribution in [3.63, 3.8) is 0 Å². The molecule has 1 aliphatic heterocycles. The lowest BCUT2D eigenvalue weighted by Crippen LogP contribution is -2.41. The zero-order valence-electron chi connectivity index (χ0n) is 16.4. The van der Waals surface area contributed by atoms with Gasteiger partial charge in [-0.2, -0.15) is 5.10 Å². The second-order valence-corrected chi connectivity index (χ2v) is 8.18. The van der Waals surface area contributed by atoms with Crippen molar-refractivity contribution in [1.82, 2.24) is 14.2 Å². The molecule has 140 valence electrons. The highest BCUT2D eigenvalue weighted by Gasteiger charge is 2.51. The van der Waals surface area contributed by atoms with Crippen LogP contribution in [0.4, 0.5) is 0 Å². The van der Waals surface area contributed by atoms with Gasteiger partial charge in [0.25, 0.3) is 5.56 Å². The summed E-state index contributed by atoms with van der Waals surface area (Å²) in [5, 5.41) is 4.29. The molecule has 1 aromatic carbocycles. The zero-order valence-corrected chi connectivity index (χ0v) is 16.4. The molecule has 1 aliphatic rings. The summed E-state index contributed by atoms with van der Waals surface area (Å²) >= 11 is 0. The van der Waals surface area contributed by atoms with Gasteiger partial charge < -0.3 is 13.9 Å². The molecule has 6 nitrogen and oxygen atoms in total. The molecule has 0 bridgehead atoms. The van der Waals surface area contributed by atoms with E-state index in [-0.39, 0.29) is 16.8 Å². The Bertz CT molecular complexity index is 1050. The van der Waals surface area contributed by atoms with Crippen molar-refractivity contribution in [2.45, 2.75) is 52.4 Å². The van der Waals surface area contributed by atoms with E-state index in [0.717, 1.165) is 16.7 Å². The van der Waals surface area contributed by atoms with Gasteiger partial charge in [-0.3, -0.25) is 4.79 Å². The van der Waals surface area contributed by atoms with E-state index in [1.807, 2.05) is 65.1 Å². The minimum absolute atomic E-state index is 0.0564. The largest absolute Gasteiger partial charge is 0.494 e. The van der Waals surface area contributed by atoms with E-state index in [4.69, 9.17) is 9.31 Å². The molecule has 0 atom stereocenters. The van der Waals surface area contributed by atoms with Gasteiger partial charge in [0.2, 0.25) is 0 Å². The fraction of sp³-hybridized carbons (Fsp3) is 0.400. The number of fused-ring (bicyclic) bond motifs is 1. The van der Waals surface area contributed by atoms with Crippen LogP contribution in [0.25, 0.3) is 5.52 Å². The summed E-state index contributed by atoms with van der Waals surface area (Å²) in [6, 6.07) is 9.83. The van der Waals surface area contributed by atoms with Crippen LogP contribution in [0.15, 0.2) is 47.5 Å². The zero-order chi connectivity index (χ0) is 19.4. The van der Waals surface area contributed by atoms with Crippen LogP contribution >= 0.6 is 0 Å². The third-order valence-electron chi connectivity index (χ3n) is 5.56. The van der Waals surface area contributed by atoms with Gasteiger partial charge in [0.15, 0.2) is 0 Å². The van der Waals surface area contributed by atoms with Crippen LogP contribution in [0.5, 0.6) is 0 Å². The third kappa shape index (κ3) is 3.11. The second kappa shape index (κ2) is 6.07. The molecule has 1 fully saturated rings. The van der Waals surface area contributed by atoms with Crippen LogP contribution in [0.1, 0.15) is 39.0 Å². The summed E-state index contributed by atoms with van der Waals surface area (Å²) in [7, 11) is -0.411. The second-order valence-electron chi connectivity index (χ2n) is 8.18. The Kier molecular flexibility index (Phi) is 4.05. The van der Waals surface area contributed by atoms with Crippen LogP contribution in [-0.4, -0.2) is 32.5 Å². The minimum atomic E-state index is -0.411. The molecule has 3 heterocycles. The van der Waals surface area contributed by atoms with E-state index in [1.54, 1.807) is 21.3 Å². The van der Waals surface area contributed by atoms with E-state index in [2.05, 4.69) is 5.10 Å². The predicted molar refractivity (Wildman–Crippen MR) is 105 cm³/mol. The van der Waals surface area contributed by atoms with Gasteiger partial charge in [0, 0.05) is 12.4 Å². The predicted octanol–water partition coefficient (Wildman–Crippen LogP) is 2.15. The van der Waals surface area contributed by atoms with Crippen molar-refractivity contribution in [2.24, 2.45) is 0 Å². The van der Waals surface area contributed by atoms with E-state index in [0.29, 0.717) is 12.1 Å². The van der Waals surface area contributed by atoms with Gasteiger partial charge in [-0.25, -0.2) is 4.52 Å². The number of benzene rings is 1. The first-order chi connectivity index (χ1) is 12.7. The number of nitrogens with zero attached hydrogens (tertiary/aromatic N) is 3. The maximum Gasteiger partial charge on any atom is 0.494 e. The standard InChI is InChI=1S/C20H24BN3O3/c1-14-11-17-18(25)23(9-10-24(17)22-14)13-15-7-6-8-16(12-15)21-26-19(2,3)20(4,5)27-21/h6-12H,13H2,1-5H3. The number of hydrogen-bond donors (Lipinski definition) is 0. The Morgan fingerprint density at radius 3 is 2.48 bits per heavy atom. The van der Waals surface area contributed by atoms with E-state index in [1.165, 1.54) is 0 Å². The summed E-state index contributed by atoms with van der Waals surface area (Å²) in [5.74, 6) is 0. The fourth-order valence-corrected chi connectivity index (χ4v) is 3.29. The van der Waals surface area contributed by atoms with Crippen molar-refractivity contribution in [3.8, 4) is 0 Å². The Labute approximate surface area is 158 Å². The van der Waals surface area contributed by atoms with Crippen LogP contribution < -0.4 is 11.0 Å². The monoisotopic (exact) mass is 365 g/mol. The molecule has 0 amide bonds. The molecule has 27 heavy (non-hydrogen) atoms. The molecule has 0 saturated carbocycles. The molecule has 2 aromatic heterocycles. The maximum absolute atomic E-state index is 12.7. The number of aryl methyl sites for hydroxylation is 1. The average Bonchev–Trinajstić information content (AvgIpc) is 3.07. The average molecular weight is 365 g/mol. The molecule has 0 N–H and O–H groups in total. The molecule has 3 aromatic rings. The lowest BCUT2D eigenvalue weighted by atomic mass is 9.78. The smallest absolute Gasteiger partial charge is 0.399 e. The number of hydrogen-bond acceptors (Lipinski definition) is 4. The molecule has 1 saturated heterocycles. The van der Waals surface area contributed by atoms with Gasteiger partial charge in [0.1, 0.15) is 5.52 Å². The molecule has 0 aliphatic carbocycles. The van der Waals surface area contributed by atoms with Crippen molar-refractivity contribution in [1.29, 1.82) is 0 Å². The Morgan fingerprint density at radius 2 is 1.78 bits per heavy atom. The third-order valence-corrected chi connectivity index (χ3v) is 5.56. The first-order valence-corrected chi connectivity index (χ1v) is 9.16. The Morgan fingerprint density at radius 1 is 1.07 bits per heavy atom. The molecule has 7 heteroatoms.